The Labute approximate surface area is 153 Å². The molecule has 7 nitrogen and oxygen atoms in total. The second kappa shape index (κ2) is 6.27. The van der Waals surface area contributed by atoms with Gasteiger partial charge in [0.2, 0.25) is 0 Å². The molecule has 3 heterocycles. The average Bonchev–Trinajstić information content (AvgIpc) is 3.06. The van der Waals surface area contributed by atoms with Crippen molar-refractivity contribution >= 4 is 5.91 Å². The van der Waals surface area contributed by atoms with Crippen LogP contribution in [0.25, 0.3) is 0 Å². The first kappa shape index (κ1) is 16.8. The highest BCUT2D eigenvalue weighted by atomic mass is 16.2. The standard InChI is InChI=1S/C19H24N6O/c1-11(2)17-21-18(23-22-17)15-10-25(9-14(15)12-4-5-12)19(26)16-7-6-13(8-20)24(16)3/h6-7,11-12,14-15H,4-5,9-10H2,1-3H3,(H,21,22,23)/t14-,15+/m1/s1. The van der Waals surface area contributed by atoms with E-state index in [9.17, 15) is 4.79 Å². The molecule has 2 aromatic rings. The molecule has 0 radical (unpaired) electrons. The minimum Gasteiger partial charge on any atom is -0.336 e. The lowest BCUT2D eigenvalue weighted by molar-refractivity contribution is 0.0775. The van der Waals surface area contributed by atoms with Crippen LogP contribution < -0.4 is 0 Å². The Morgan fingerprint density at radius 2 is 2.12 bits per heavy atom. The Hall–Kier alpha value is -2.62. The number of nitriles is 1. The van der Waals surface area contributed by atoms with Gasteiger partial charge >= 0.3 is 0 Å². The summed E-state index contributed by atoms with van der Waals surface area (Å²) in [7, 11) is 1.77. The van der Waals surface area contributed by atoms with Crippen LogP contribution in [-0.4, -0.2) is 43.6 Å². The number of carbonyl (C=O) groups is 1. The highest BCUT2D eigenvalue weighted by Crippen LogP contribution is 2.47. The lowest BCUT2D eigenvalue weighted by atomic mass is 9.91. The zero-order valence-corrected chi connectivity index (χ0v) is 15.4. The van der Waals surface area contributed by atoms with Crippen LogP contribution >= 0.6 is 0 Å². The third kappa shape index (κ3) is 2.79. The van der Waals surface area contributed by atoms with Gasteiger partial charge in [0.05, 0.1) is 0 Å². The first-order chi connectivity index (χ1) is 12.5. The fourth-order valence-electron chi connectivity index (χ4n) is 4.00. The molecule has 0 aromatic carbocycles. The van der Waals surface area contributed by atoms with Gasteiger partial charge in [0, 0.05) is 32.0 Å². The van der Waals surface area contributed by atoms with E-state index in [2.05, 4.69) is 30.1 Å². The number of hydrogen-bond donors (Lipinski definition) is 1. The van der Waals surface area contributed by atoms with Gasteiger partial charge in [-0.1, -0.05) is 13.8 Å². The molecule has 2 fully saturated rings. The summed E-state index contributed by atoms with van der Waals surface area (Å²) < 4.78 is 1.67. The van der Waals surface area contributed by atoms with Crippen molar-refractivity contribution in [3.05, 3.63) is 35.2 Å². The van der Waals surface area contributed by atoms with Gasteiger partial charge < -0.3 is 9.47 Å². The highest BCUT2D eigenvalue weighted by molar-refractivity contribution is 5.93. The van der Waals surface area contributed by atoms with Crippen molar-refractivity contribution in [1.82, 2.24) is 24.6 Å². The van der Waals surface area contributed by atoms with Crippen LogP contribution in [0.5, 0.6) is 0 Å². The third-order valence-corrected chi connectivity index (χ3v) is 5.72. The molecular weight excluding hydrogens is 328 g/mol. The van der Waals surface area contributed by atoms with Crippen molar-refractivity contribution in [3.8, 4) is 6.07 Å². The first-order valence-corrected chi connectivity index (χ1v) is 9.27. The predicted molar refractivity (Wildman–Crippen MR) is 95.5 cm³/mol. The quantitative estimate of drug-likeness (QED) is 0.915. The summed E-state index contributed by atoms with van der Waals surface area (Å²) in [5, 5.41) is 16.6. The maximum absolute atomic E-state index is 13.0. The van der Waals surface area contributed by atoms with Crippen LogP contribution in [0, 0.1) is 23.2 Å². The summed E-state index contributed by atoms with van der Waals surface area (Å²) in [5.41, 5.74) is 1.07. The Bertz CT molecular complexity index is 869. The molecular formula is C19H24N6O. The highest BCUT2D eigenvalue weighted by Gasteiger charge is 2.46. The number of rotatable bonds is 4. The van der Waals surface area contributed by atoms with E-state index in [1.165, 1.54) is 12.8 Å². The van der Waals surface area contributed by atoms with Crippen molar-refractivity contribution < 1.29 is 4.79 Å². The number of aromatic nitrogens is 4. The maximum atomic E-state index is 13.0. The molecule has 1 N–H and O–H groups in total. The summed E-state index contributed by atoms with van der Waals surface area (Å²) in [5.74, 6) is 3.33. The number of aromatic amines is 1. The molecule has 2 atom stereocenters. The van der Waals surface area contributed by atoms with Crippen LogP contribution in [0.1, 0.15) is 66.4 Å². The smallest absolute Gasteiger partial charge is 0.270 e. The maximum Gasteiger partial charge on any atom is 0.270 e. The number of amides is 1. The van der Waals surface area contributed by atoms with Gasteiger partial charge in [-0.25, -0.2) is 4.98 Å². The van der Waals surface area contributed by atoms with Gasteiger partial charge in [-0.15, -0.1) is 0 Å². The molecule has 1 amide bonds. The fraction of sp³-hybridized carbons (Fsp3) is 0.579. The lowest BCUT2D eigenvalue weighted by Crippen LogP contribution is -2.30. The second-order valence-electron chi connectivity index (χ2n) is 7.83. The molecule has 7 heteroatoms. The normalized spacial score (nSPS) is 22.8. The average molecular weight is 352 g/mol. The number of hydrogen-bond acceptors (Lipinski definition) is 4. The van der Waals surface area contributed by atoms with Gasteiger partial charge in [-0.2, -0.15) is 10.4 Å². The topological polar surface area (TPSA) is 90.6 Å². The number of likely N-dealkylation sites (tertiary alicyclic amines) is 1. The van der Waals surface area contributed by atoms with Gasteiger partial charge in [0.25, 0.3) is 5.91 Å². The monoisotopic (exact) mass is 352 g/mol. The molecule has 4 rings (SSSR count). The molecule has 1 saturated carbocycles. The number of nitrogens with zero attached hydrogens (tertiary/aromatic N) is 5. The number of H-pyrrole nitrogens is 1. The molecule has 1 saturated heterocycles. The fourth-order valence-corrected chi connectivity index (χ4v) is 4.00. The third-order valence-electron chi connectivity index (χ3n) is 5.72. The zero-order valence-electron chi connectivity index (χ0n) is 15.4. The van der Waals surface area contributed by atoms with E-state index in [1.54, 1.807) is 23.7 Å². The van der Waals surface area contributed by atoms with E-state index in [1.807, 2.05) is 4.90 Å². The molecule has 26 heavy (non-hydrogen) atoms. The van der Waals surface area contributed by atoms with Crippen molar-refractivity contribution in [1.29, 1.82) is 5.26 Å². The molecule has 1 aliphatic carbocycles. The summed E-state index contributed by atoms with van der Waals surface area (Å²) >= 11 is 0. The number of nitrogens with one attached hydrogen (secondary N) is 1. The van der Waals surface area contributed by atoms with Gasteiger partial charge in [0.15, 0.2) is 5.82 Å². The van der Waals surface area contributed by atoms with Crippen LogP contribution in [0.15, 0.2) is 12.1 Å². The van der Waals surface area contributed by atoms with Crippen LogP contribution in [0.3, 0.4) is 0 Å². The van der Waals surface area contributed by atoms with Crippen LogP contribution in [0.2, 0.25) is 0 Å². The SMILES string of the molecule is CC(C)c1n[nH]c([C@H]2CN(C(=O)c3ccc(C#N)n3C)C[C@@H]2C2CC2)n1. The van der Waals surface area contributed by atoms with E-state index in [0.29, 0.717) is 29.8 Å². The van der Waals surface area contributed by atoms with Crippen LogP contribution in [0.4, 0.5) is 0 Å². The molecule has 0 spiro atoms. The summed E-state index contributed by atoms with van der Waals surface area (Å²) in [4.78, 5) is 19.6. The van der Waals surface area contributed by atoms with Crippen molar-refractivity contribution in [2.45, 2.75) is 38.5 Å². The molecule has 2 aliphatic rings. The Morgan fingerprint density at radius 1 is 1.35 bits per heavy atom. The second-order valence-corrected chi connectivity index (χ2v) is 7.83. The summed E-state index contributed by atoms with van der Waals surface area (Å²) in [6, 6.07) is 5.56. The van der Waals surface area contributed by atoms with Gasteiger partial charge in [-0.05, 0) is 36.8 Å². The van der Waals surface area contributed by atoms with E-state index >= 15 is 0 Å². The Morgan fingerprint density at radius 3 is 2.69 bits per heavy atom. The van der Waals surface area contributed by atoms with E-state index < -0.39 is 0 Å². The molecule has 136 valence electrons. The predicted octanol–water partition coefficient (Wildman–Crippen LogP) is 2.40. The van der Waals surface area contributed by atoms with Crippen molar-refractivity contribution in [3.63, 3.8) is 0 Å². The van der Waals surface area contributed by atoms with Gasteiger partial charge in [-0.3, -0.25) is 9.89 Å². The zero-order chi connectivity index (χ0) is 18.4. The molecule has 0 bridgehead atoms. The van der Waals surface area contributed by atoms with Crippen molar-refractivity contribution in [2.24, 2.45) is 18.9 Å². The number of carbonyl (C=O) groups excluding carboxylic acids is 1. The Balaban J connectivity index is 1.58. The summed E-state index contributed by atoms with van der Waals surface area (Å²) in [6.07, 6.45) is 2.47. The van der Waals surface area contributed by atoms with Crippen molar-refractivity contribution in [2.75, 3.05) is 13.1 Å². The van der Waals surface area contributed by atoms with E-state index in [4.69, 9.17) is 10.2 Å². The molecule has 2 aromatic heterocycles. The molecule has 1 aliphatic heterocycles. The van der Waals surface area contributed by atoms with E-state index in [0.717, 1.165) is 18.2 Å². The summed E-state index contributed by atoms with van der Waals surface area (Å²) in [6.45, 7) is 5.56. The minimum absolute atomic E-state index is 0.00857. The Kier molecular flexibility index (Phi) is 4.06. The van der Waals surface area contributed by atoms with Crippen LogP contribution in [-0.2, 0) is 7.05 Å². The molecule has 0 unspecified atom stereocenters. The minimum atomic E-state index is -0.00857. The first-order valence-electron chi connectivity index (χ1n) is 9.27. The van der Waals surface area contributed by atoms with Gasteiger partial charge in [0.1, 0.15) is 23.3 Å². The van der Waals surface area contributed by atoms with E-state index in [-0.39, 0.29) is 17.7 Å². The lowest BCUT2D eigenvalue weighted by Gasteiger charge is -2.16. The largest absolute Gasteiger partial charge is 0.336 e.